The molecule has 1 N–H and O–H groups in total. The Kier molecular flexibility index (Phi) is 5.46. The van der Waals surface area contributed by atoms with Gasteiger partial charge in [0.25, 0.3) is 0 Å². The molecular formula is C21H23ClN2OS. The predicted molar refractivity (Wildman–Crippen MR) is 111 cm³/mol. The molecule has 1 fully saturated rings. The number of rotatable bonds is 4. The fraction of sp³-hybridized carbons (Fsp3) is 0.333. The number of halogens is 1. The molecule has 136 valence electrons. The Hall–Kier alpha value is -1.59. The van der Waals surface area contributed by atoms with Crippen LogP contribution in [0, 0.1) is 0 Å². The van der Waals surface area contributed by atoms with Gasteiger partial charge >= 0.3 is 0 Å². The molecule has 5 heteroatoms. The summed E-state index contributed by atoms with van der Waals surface area (Å²) in [6.45, 7) is 4.13. The lowest BCUT2D eigenvalue weighted by molar-refractivity contribution is 0.237. The second kappa shape index (κ2) is 7.97. The highest BCUT2D eigenvalue weighted by molar-refractivity contribution is 7.17. The highest BCUT2D eigenvalue weighted by Crippen LogP contribution is 2.41. The first kappa shape index (κ1) is 17.8. The fourth-order valence-electron chi connectivity index (χ4n) is 3.81. The van der Waals surface area contributed by atoms with Crippen molar-refractivity contribution in [1.82, 2.24) is 10.2 Å². The quantitative estimate of drug-likeness (QED) is 0.686. The lowest BCUT2D eigenvalue weighted by atomic mass is 9.95. The van der Waals surface area contributed by atoms with Crippen LogP contribution in [0.3, 0.4) is 0 Å². The first-order valence-corrected chi connectivity index (χ1v) is 10.3. The molecule has 2 aromatic carbocycles. The Balaban J connectivity index is 1.88. The summed E-state index contributed by atoms with van der Waals surface area (Å²) in [7, 11) is 1.74. The molecule has 3 nitrogen and oxygen atoms in total. The lowest BCUT2D eigenvalue weighted by Crippen LogP contribution is -2.33. The zero-order valence-electron chi connectivity index (χ0n) is 14.9. The van der Waals surface area contributed by atoms with Gasteiger partial charge in [0.1, 0.15) is 5.75 Å². The van der Waals surface area contributed by atoms with Gasteiger partial charge in [-0.3, -0.25) is 4.90 Å². The van der Waals surface area contributed by atoms with E-state index in [1.54, 1.807) is 7.11 Å². The lowest BCUT2D eigenvalue weighted by Gasteiger charge is -2.32. The average Bonchev–Trinajstić information content (AvgIpc) is 2.89. The molecule has 1 aliphatic rings. The molecule has 1 saturated heterocycles. The van der Waals surface area contributed by atoms with E-state index in [9.17, 15) is 0 Å². The van der Waals surface area contributed by atoms with Crippen LogP contribution in [0.2, 0.25) is 5.02 Å². The van der Waals surface area contributed by atoms with E-state index >= 15 is 0 Å². The maximum absolute atomic E-state index is 6.38. The topological polar surface area (TPSA) is 24.5 Å². The van der Waals surface area contributed by atoms with E-state index in [1.807, 2.05) is 23.5 Å². The predicted octanol–water partition coefficient (Wildman–Crippen LogP) is 4.95. The van der Waals surface area contributed by atoms with E-state index < -0.39 is 0 Å². The number of benzene rings is 2. The van der Waals surface area contributed by atoms with Crippen LogP contribution in [0.4, 0.5) is 0 Å². The van der Waals surface area contributed by atoms with Gasteiger partial charge in [0.05, 0.1) is 13.2 Å². The summed E-state index contributed by atoms with van der Waals surface area (Å²) in [5.41, 5.74) is 2.48. The van der Waals surface area contributed by atoms with Gasteiger partial charge in [0.2, 0.25) is 0 Å². The van der Waals surface area contributed by atoms with Crippen molar-refractivity contribution >= 4 is 33.0 Å². The number of thiophene rings is 1. The van der Waals surface area contributed by atoms with Crippen molar-refractivity contribution in [2.24, 2.45) is 0 Å². The van der Waals surface area contributed by atoms with Crippen LogP contribution < -0.4 is 10.1 Å². The van der Waals surface area contributed by atoms with Crippen LogP contribution in [-0.2, 0) is 0 Å². The van der Waals surface area contributed by atoms with E-state index in [-0.39, 0.29) is 6.04 Å². The van der Waals surface area contributed by atoms with E-state index in [0.29, 0.717) is 0 Å². The highest BCUT2D eigenvalue weighted by Gasteiger charge is 2.28. The molecule has 0 spiro atoms. The number of ether oxygens (including phenoxy) is 1. The second-order valence-electron chi connectivity index (χ2n) is 6.62. The second-order valence-corrected chi connectivity index (χ2v) is 7.96. The molecule has 1 aliphatic heterocycles. The first-order valence-electron chi connectivity index (χ1n) is 9.02. The number of hydrogen-bond acceptors (Lipinski definition) is 4. The molecule has 0 bridgehead atoms. The van der Waals surface area contributed by atoms with Gasteiger partial charge in [-0.05, 0) is 53.6 Å². The van der Waals surface area contributed by atoms with Gasteiger partial charge in [-0.15, -0.1) is 11.3 Å². The van der Waals surface area contributed by atoms with Crippen LogP contribution >= 0.6 is 22.9 Å². The first-order chi connectivity index (χ1) is 12.8. The standard InChI is InChI=1S/C21H23ClN2OS/c1-25-19-8-7-15(22)13-17(19)21(24-11-4-9-23-10-12-24)18-14-26-20-6-3-2-5-16(18)20/h2-3,5-8,13-14,21,23H,4,9-12H2,1H3. The SMILES string of the molecule is COc1ccc(Cl)cc1C(c1csc2ccccc12)N1CCCNCC1. The monoisotopic (exact) mass is 386 g/mol. The number of fused-ring (bicyclic) bond motifs is 1. The van der Waals surface area contributed by atoms with Crippen molar-refractivity contribution in [2.75, 3.05) is 33.3 Å². The molecule has 0 amide bonds. The molecule has 0 saturated carbocycles. The van der Waals surface area contributed by atoms with Gasteiger partial charge in [0, 0.05) is 34.9 Å². The number of nitrogens with zero attached hydrogens (tertiary/aromatic N) is 1. The maximum atomic E-state index is 6.38. The van der Waals surface area contributed by atoms with Crippen molar-refractivity contribution in [1.29, 1.82) is 0 Å². The normalized spacial score (nSPS) is 17.2. The maximum Gasteiger partial charge on any atom is 0.124 e. The molecule has 4 rings (SSSR count). The van der Waals surface area contributed by atoms with E-state index in [2.05, 4.69) is 45.9 Å². The van der Waals surface area contributed by atoms with Crippen molar-refractivity contribution < 1.29 is 4.74 Å². The zero-order valence-corrected chi connectivity index (χ0v) is 16.4. The highest BCUT2D eigenvalue weighted by atomic mass is 35.5. The fourth-order valence-corrected chi connectivity index (χ4v) is 4.98. The molecule has 0 aliphatic carbocycles. The third-order valence-corrected chi connectivity index (χ3v) is 6.25. The average molecular weight is 387 g/mol. The molecule has 26 heavy (non-hydrogen) atoms. The summed E-state index contributed by atoms with van der Waals surface area (Å²) in [6.07, 6.45) is 1.14. The van der Waals surface area contributed by atoms with E-state index in [4.69, 9.17) is 16.3 Å². The summed E-state index contributed by atoms with van der Waals surface area (Å²) in [6, 6.07) is 14.7. The minimum atomic E-state index is 0.139. The smallest absolute Gasteiger partial charge is 0.124 e. The Morgan fingerprint density at radius 1 is 1.12 bits per heavy atom. The van der Waals surface area contributed by atoms with Gasteiger partial charge in [-0.25, -0.2) is 0 Å². The van der Waals surface area contributed by atoms with Crippen LogP contribution in [0.1, 0.15) is 23.6 Å². The minimum Gasteiger partial charge on any atom is -0.496 e. The number of hydrogen-bond donors (Lipinski definition) is 1. The zero-order chi connectivity index (χ0) is 17.9. The van der Waals surface area contributed by atoms with E-state index in [1.165, 1.54) is 15.6 Å². The molecule has 1 aromatic heterocycles. The third-order valence-electron chi connectivity index (χ3n) is 5.03. The Morgan fingerprint density at radius 3 is 2.88 bits per heavy atom. The van der Waals surface area contributed by atoms with Gasteiger partial charge in [0.15, 0.2) is 0 Å². The van der Waals surface area contributed by atoms with Gasteiger partial charge in [-0.2, -0.15) is 0 Å². The number of nitrogens with one attached hydrogen (secondary N) is 1. The molecule has 0 radical (unpaired) electrons. The van der Waals surface area contributed by atoms with Crippen LogP contribution in [0.15, 0.2) is 47.8 Å². The number of methoxy groups -OCH3 is 1. The van der Waals surface area contributed by atoms with Crippen molar-refractivity contribution in [3.05, 3.63) is 64.0 Å². The van der Waals surface area contributed by atoms with E-state index in [0.717, 1.165) is 48.9 Å². The van der Waals surface area contributed by atoms with Crippen LogP contribution in [0.25, 0.3) is 10.1 Å². The van der Waals surface area contributed by atoms with Crippen molar-refractivity contribution in [2.45, 2.75) is 12.5 Å². The summed E-state index contributed by atoms with van der Waals surface area (Å²) in [5, 5.41) is 7.88. The van der Waals surface area contributed by atoms with Crippen LogP contribution in [0.5, 0.6) is 5.75 Å². The minimum absolute atomic E-state index is 0.139. The van der Waals surface area contributed by atoms with Gasteiger partial charge < -0.3 is 10.1 Å². The van der Waals surface area contributed by atoms with Crippen LogP contribution in [-0.4, -0.2) is 38.2 Å². The Morgan fingerprint density at radius 2 is 2.00 bits per heavy atom. The Bertz CT molecular complexity index is 887. The summed E-state index contributed by atoms with van der Waals surface area (Å²) >= 11 is 8.19. The summed E-state index contributed by atoms with van der Waals surface area (Å²) in [4.78, 5) is 2.56. The molecule has 1 unspecified atom stereocenters. The largest absolute Gasteiger partial charge is 0.496 e. The molecule has 1 atom stereocenters. The summed E-state index contributed by atoms with van der Waals surface area (Å²) in [5.74, 6) is 0.895. The van der Waals surface area contributed by atoms with Gasteiger partial charge in [-0.1, -0.05) is 29.8 Å². The summed E-state index contributed by atoms with van der Waals surface area (Å²) < 4.78 is 7.04. The molecule has 3 aromatic rings. The van der Waals surface area contributed by atoms with Crippen molar-refractivity contribution in [3.8, 4) is 5.75 Å². The third kappa shape index (κ3) is 3.47. The van der Waals surface area contributed by atoms with Crippen molar-refractivity contribution in [3.63, 3.8) is 0 Å². The Labute approximate surface area is 163 Å². The molecular weight excluding hydrogens is 364 g/mol. The molecule has 2 heterocycles.